The first-order valence-corrected chi connectivity index (χ1v) is 9.82. The minimum absolute atomic E-state index is 0.0658. The van der Waals surface area contributed by atoms with Crippen molar-refractivity contribution in [2.75, 3.05) is 0 Å². The van der Waals surface area contributed by atoms with Crippen LogP contribution in [0.2, 0.25) is 0 Å². The van der Waals surface area contributed by atoms with E-state index in [0.29, 0.717) is 12.3 Å². The quantitative estimate of drug-likeness (QED) is 0.522. The molecule has 0 N–H and O–H groups in total. The van der Waals surface area contributed by atoms with Crippen LogP contribution in [0.3, 0.4) is 0 Å². The zero-order chi connectivity index (χ0) is 17.2. The molecule has 24 heavy (non-hydrogen) atoms. The summed E-state index contributed by atoms with van der Waals surface area (Å²) in [5, 5.41) is 0. The number of alkyl halides is 2. The molecule has 1 nitrogen and oxygen atoms in total. The van der Waals surface area contributed by atoms with Crippen molar-refractivity contribution in [1.29, 1.82) is 0 Å². The highest BCUT2D eigenvalue weighted by atomic mass is 19.3. The van der Waals surface area contributed by atoms with E-state index in [4.69, 9.17) is 4.74 Å². The molecule has 0 bridgehead atoms. The molecule has 2 aliphatic carbocycles. The van der Waals surface area contributed by atoms with Gasteiger partial charge in [-0.15, -0.1) is 0 Å². The molecule has 3 heteroatoms. The maximum absolute atomic E-state index is 13.6. The van der Waals surface area contributed by atoms with Gasteiger partial charge in [-0.1, -0.05) is 30.6 Å². The van der Waals surface area contributed by atoms with Gasteiger partial charge in [-0.2, -0.15) is 8.78 Å². The normalized spacial score (nSPS) is 36.8. The molecule has 1 heterocycles. The highest BCUT2D eigenvalue weighted by Gasteiger charge is 2.38. The molecule has 136 valence electrons. The van der Waals surface area contributed by atoms with E-state index in [9.17, 15) is 8.78 Å². The fourth-order valence-corrected chi connectivity index (χ4v) is 4.74. The Morgan fingerprint density at radius 1 is 0.958 bits per heavy atom. The van der Waals surface area contributed by atoms with Crippen LogP contribution < -0.4 is 0 Å². The second kappa shape index (κ2) is 7.68. The monoisotopic (exact) mass is 338 g/mol. The predicted octanol–water partition coefficient (Wildman–Crippen LogP) is 6.65. The van der Waals surface area contributed by atoms with Crippen molar-refractivity contribution in [2.45, 2.75) is 90.3 Å². The van der Waals surface area contributed by atoms with Gasteiger partial charge in [-0.3, -0.25) is 0 Å². The summed E-state index contributed by atoms with van der Waals surface area (Å²) in [4.78, 5) is 0. The van der Waals surface area contributed by atoms with Crippen molar-refractivity contribution >= 4 is 0 Å². The summed E-state index contributed by atoms with van der Waals surface area (Å²) in [6, 6.07) is 0. The van der Waals surface area contributed by atoms with Gasteiger partial charge in [0, 0.05) is 5.57 Å². The summed E-state index contributed by atoms with van der Waals surface area (Å²) in [5.41, 5.74) is 1.63. The molecular formula is C21H32F2O. The smallest absolute Gasteiger partial charge is 0.313 e. The maximum Gasteiger partial charge on any atom is 0.379 e. The Hall–Kier alpha value is -0.700. The second-order valence-electron chi connectivity index (χ2n) is 8.32. The third kappa shape index (κ3) is 4.47. The summed E-state index contributed by atoms with van der Waals surface area (Å²) in [7, 11) is 0. The molecule has 1 aliphatic heterocycles. The first-order valence-electron chi connectivity index (χ1n) is 9.82. The lowest BCUT2D eigenvalue weighted by atomic mass is 9.70. The van der Waals surface area contributed by atoms with Gasteiger partial charge in [0.15, 0.2) is 0 Å². The Balaban J connectivity index is 1.39. The number of rotatable bonds is 4. The Morgan fingerprint density at radius 2 is 1.71 bits per heavy atom. The number of ether oxygens (including phenoxy) is 1. The van der Waals surface area contributed by atoms with Crippen LogP contribution in [0.25, 0.3) is 0 Å². The van der Waals surface area contributed by atoms with Crippen LogP contribution >= 0.6 is 0 Å². The van der Waals surface area contributed by atoms with Gasteiger partial charge >= 0.3 is 6.11 Å². The third-order valence-corrected chi connectivity index (χ3v) is 6.59. The molecule has 0 amide bonds. The molecule has 0 aromatic rings. The minimum Gasteiger partial charge on any atom is -0.313 e. The second-order valence-corrected chi connectivity index (χ2v) is 8.32. The van der Waals surface area contributed by atoms with Crippen LogP contribution in [0, 0.1) is 17.8 Å². The molecule has 0 aromatic carbocycles. The van der Waals surface area contributed by atoms with Crippen LogP contribution in [-0.2, 0) is 4.74 Å². The molecule has 0 saturated heterocycles. The Labute approximate surface area is 145 Å². The number of hydrogen-bond donors (Lipinski definition) is 0. The Kier molecular flexibility index (Phi) is 5.79. The third-order valence-electron chi connectivity index (χ3n) is 6.59. The topological polar surface area (TPSA) is 9.23 Å². The predicted molar refractivity (Wildman–Crippen MR) is 94.0 cm³/mol. The van der Waals surface area contributed by atoms with Crippen molar-refractivity contribution in [1.82, 2.24) is 0 Å². The van der Waals surface area contributed by atoms with Crippen LogP contribution in [0.1, 0.15) is 78.1 Å². The average molecular weight is 338 g/mol. The molecule has 2 unspecified atom stereocenters. The lowest BCUT2D eigenvalue weighted by molar-refractivity contribution is -0.243. The summed E-state index contributed by atoms with van der Waals surface area (Å²) < 4.78 is 32.2. The van der Waals surface area contributed by atoms with E-state index in [1.165, 1.54) is 51.9 Å². The Morgan fingerprint density at radius 3 is 2.33 bits per heavy atom. The van der Waals surface area contributed by atoms with Gasteiger partial charge in [0.05, 0.1) is 6.10 Å². The maximum atomic E-state index is 13.6. The van der Waals surface area contributed by atoms with Gasteiger partial charge < -0.3 is 4.74 Å². The van der Waals surface area contributed by atoms with E-state index in [-0.39, 0.29) is 11.7 Å². The number of hydrogen-bond acceptors (Lipinski definition) is 1. The first kappa shape index (κ1) is 18.1. The van der Waals surface area contributed by atoms with Gasteiger partial charge in [0.1, 0.15) is 0 Å². The van der Waals surface area contributed by atoms with Crippen molar-refractivity contribution in [3.05, 3.63) is 23.3 Å². The van der Waals surface area contributed by atoms with Gasteiger partial charge in [-0.25, -0.2) is 0 Å². The van der Waals surface area contributed by atoms with Crippen LogP contribution in [0.5, 0.6) is 0 Å². The highest BCUT2D eigenvalue weighted by Crippen LogP contribution is 2.41. The van der Waals surface area contributed by atoms with Crippen LogP contribution in [0.15, 0.2) is 23.3 Å². The largest absolute Gasteiger partial charge is 0.379 e. The molecule has 3 aliphatic rings. The summed E-state index contributed by atoms with van der Waals surface area (Å²) in [5.74, 6) is 2.50. The lowest BCUT2D eigenvalue weighted by Crippen LogP contribution is -2.33. The van der Waals surface area contributed by atoms with Crippen LogP contribution in [0.4, 0.5) is 8.78 Å². The first-order chi connectivity index (χ1) is 11.4. The highest BCUT2D eigenvalue weighted by molar-refractivity contribution is 5.09. The fraction of sp³-hybridized carbons (Fsp3) is 0.810. The SMILES string of the molecule is CC1=CCC(C2CCC(CCC3CC=C(C)C(F)(F)O3)CC2)CC1. The van der Waals surface area contributed by atoms with Crippen molar-refractivity contribution < 1.29 is 13.5 Å². The number of allylic oxidation sites excluding steroid dienone is 2. The van der Waals surface area contributed by atoms with Crippen molar-refractivity contribution in [3.63, 3.8) is 0 Å². The van der Waals surface area contributed by atoms with E-state index in [1.54, 1.807) is 11.6 Å². The zero-order valence-corrected chi connectivity index (χ0v) is 15.2. The van der Waals surface area contributed by atoms with Gasteiger partial charge in [0.2, 0.25) is 0 Å². The zero-order valence-electron chi connectivity index (χ0n) is 15.2. The summed E-state index contributed by atoms with van der Waals surface area (Å²) in [6.45, 7) is 3.71. The molecule has 0 aromatic heterocycles. The van der Waals surface area contributed by atoms with E-state index < -0.39 is 6.11 Å². The van der Waals surface area contributed by atoms with Gasteiger partial charge in [-0.05, 0) is 83.0 Å². The fourth-order valence-electron chi connectivity index (χ4n) is 4.74. The molecule has 3 rings (SSSR count). The molecule has 2 atom stereocenters. The number of halogens is 2. The van der Waals surface area contributed by atoms with Crippen LogP contribution in [-0.4, -0.2) is 12.2 Å². The molecular weight excluding hydrogens is 306 g/mol. The average Bonchev–Trinajstić information content (AvgIpc) is 2.57. The van der Waals surface area contributed by atoms with E-state index in [1.807, 2.05) is 0 Å². The molecule has 0 spiro atoms. The van der Waals surface area contributed by atoms with Gasteiger partial charge in [0.25, 0.3) is 0 Å². The van der Waals surface area contributed by atoms with E-state index in [2.05, 4.69) is 13.0 Å². The van der Waals surface area contributed by atoms with Crippen molar-refractivity contribution in [2.24, 2.45) is 17.8 Å². The lowest BCUT2D eigenvalue weighted by Gasteiger charge is -2.36. The summed E-state index contributed by atoms with van der Waals surface area (Å²) in [6.07, 6.45) is 12.4. The standard InChI is InChI=1S/C21H32F2O/c1-15-3-9-18(10-4-15)19-11-6-17(7-12-19)8-14-20-13-5-16(2)21(22,23)24-20/h3,5,17-20H,4,6-14H2,1-2H3. The summed E-state index contributed by atoms with van der Waals surface area (Å²) >= 11 is 0. The Bertz CT molecular complexity index is 486. The van der Waals surface area contributed by atoms with Crippen molar-refractivity contribution in [3.8, 4) is 0 Å². The minimum atomic E-state index is -3.05. The van der Waals surface area contributed by atoms with E-state index in [0.717, 1.165) is 24.7 Å². The van der Waals surface area contributed by atoms with E-state index >= 15 is 0 Å². The molecule has 1 fully saturated rings. The molecule has 1 saturated carbocycles. The molecule has 0 radical (unpaired) electrons.